The van der Waals surface area contributed by atoms with Gasteiger partial charge in [0, 0.05) is 11.1 Å². The standard InChI is InChI=1S/C14H18Cl2N2O2/c1-9-4-5-18(13(9)8-19)7-14(20)17-12-6-10(15)2-3-11(12)16/h2-3,6,9,13,19H,4-5,7-8H2,1H3,(H,17,20). The molecule has 0 saturated carbocycles. The van der Waals surface area contributed by atoms with Crippen LogP contribution in [0.4, 0.5) is 5.69 Å². The number of halogens is 2. The van der Waals surface area contributed by atoms with Crippen molar-refractivity contribution in [3.8, 4) is 0 Å². The number of nitrogens with zero attached hydrogens (tertiary/aromatic N) is 1. The van der Waals surface area contributed by atoms with E-state index in [2.05, 4.69) is 12.2 Å². The Morgan fingerprint density at radius 2 is 2.25 bits per heavy atom. The minimum absolute atomic E-state index is 0.0515. The van der Waals surface area contributed by atoms with Crippen LogP contribution in [-0.2, 0) is 4.79 Å². The monoisotopic (exact) mass is 316 g/mol. The first-order chi connectivity index (χ1) is 9.51. The SMILES string of the molecule is CC1CCN(CC(=O)Nc2cc(Cl)ccc2Cl)C1CO. The van der Waals surface area contributed by atoms with Gasteiger partial charge in [-0.2, -0.15) is 0 Å². The van der Waals surface area contributed by atoms with Crippen LogP contribution in [-0.4, -0.2) is 41.7 Å². The summed E-state index contributed by atoms with van der Waals surface area (Å²) in [5.74, 6) is 0.254. The molecule has 6 heteroatoms. The lowest BCUT2D eigenvalue weighted by Gasteiger charge is -2.24. The summed E-state index contributed by atoms with van der Waals surface area (Å²) in [5, 5.41) is 13.1. The summed E-state index contributed by atoms with van der Waals surface area (Å²) in [6, 6.07) is 4.99. The van der Waals surface area contributed by atoms with Gasteiger partial charge in [0.25, 0.3) is 0 Å². The van der Waals surface area contributed by atoms with Gasteiger partial charge in [-0.1, -0.05) is 30.1 Å². The fourth-order valence-corrected chi connectivity index (χ4v) is 2.88. The molecule has 0 spiro atoms. The number of aliphatic hydroxyl groups excluding tert-OH is 1. The molecule has 1 aromatic rings. The van der Waals surface area contributed by atoms with E-state index in [9.17, 15) is 9.90 Å². The van der Waals surface area contributed by atoms with Gasteiger partial charge in [0.15, 0.2) is 0 Å². The van der Waals surface area contributed by atoms with E-state index in [1.807, 2.05) is 4.90 Å². The molecule has 0 radical (unpaired) electrons. The average molecular weight is 317 g/mol. The third-order valence-electron chi connectivity index (χ3n) is 3.73. The van der Waals surface area contributed by atoms with Gasteiger partial charge in [0.05, 0.1) is 23.9 Å². The zero-order valence-corrected chi connectivity index (χ0v) is 12.8. The van der Waals surface area contributed by atoms with Gasteiger partial charge in [-0.3, -0.25) is 9.69 Å². The molecule has 1 amide bonds. The Labute approximate surface area is 128 Å². The molecule has 1 heterocycles. The van der Waals surface area contributed by atoms with E-state index in [0.717, 1.165) is 13.0 Å². The summed E-state index contributed by atoms with van der Waals surface area (Å²) in [6.45, 7) is 3.24. The van der Waals surface area contributed by atoms with Crippen molar-refractivity contribution >= 4 is 34.8 Å². The zero-order valence-electron chi connectivity index (χ0n) is 11.3. The average Bonchev–Trinajstić information content (AvgIpc) is 2.74. The van der Waals surface area contributed by atoms with Crippen LogP contribution in [0.25, 0.3) is 0 Å². The number of carbonyl (C=O) groups is 1. The van der Waals surface area contributed by atoms with E-state index in [1.54, 1.807) is 18.2 Å². The first kappa shape index (κ1) is 15.6. The summed E-state index contributed by atoms with van der Waals surface area (Å²) >= 11 is 11.9. The molecule has 2 rings (SSSR count). The third-order valence-corrected chi connectivity index (χ3v) is 4.30. The highest BCUT2D eigenvalue weighted by Crippen LogP contribution is 2.26. The minimum atomic E-state index is -0.151. The lowest BCUT2D eigenvalue weighted by atomic mass is 10.0. The quantitative estimate of drug-likeness (QED) is 0.897. The summed E-state index contributed by atoms with van der Waals surface area (Å²) in [5.41, 5.74) is 0.511. The zero-order chi connectivity index (χ0) is 14.7. The molecule has 1 fully saturated rings. The Hall–Kier alpha value is -0.810. The van der Waals surface area contributed by atoms with Gasteiger partial charge in [0.1, 0.15) is 0 Å². The minimum Gasteiger partial charge on any atom is -0.395 e. The molecule has 0 aromatic heterocycles. The van der Waals surface area contributed by atoms with Crippen molar-refractivity contribution in [2.24, 2.45) is 5.92 Å². The van der Waals surface area contributed by atoms with E-state index >= 15 is 0 Å². The molecule has 1 aromatic carbocycles. The van der Waals surface area contributed by atoms with Gasteiger partial charge < -0.3 is 10.4 Å². The summed E-state index contributed by atoms with van der Waals surface area (Å²) in [6.07, 6.45) is 0.996. The van der Waals surface area contributed by atoms with E-state index in [0.29, 0.717) is 21.7 Å². The normalized spacial score (nSPS) is 23.0. The number of hydrogen-bond acceptors (Lipinski definition) is 3. The van der Waals surface area contributed by atoms with Gasteiger partial charge in [0.2, 0.25) is 5.91 Å². The topological polar surface area (TPSA) is 52.6 Å². The van der Waals surface area contributed by atoms with Gasteiger partial charge in [-0.05, 0) is 37.1 Å². The van der Waals surface area contributed by atoms with Crippen LogP contribution in [0.3, 0.4) is 0 Å². The molecule has 20 heavy (non-hydrogen) atoms. The van der Waals surface area contributed by atoms with Gasteiger partial charge in [-0.25, -0.2) is 0 Å². The summed E-state index contributed by atoms with van der Waals surface area (Å²) in [7, 11) is 0. The number of carbonyl (C=O) groups excluding carboxylic acids is 1. The number of hydrogen-bond donors (Lipinski definition) is 2. The molecule has 1 aliphatic heterocycles. The number of nitrogens with one attached hydrogen (secondary N) is 1. The molecule has 2 N–H and O–H groups in total. The second kappa shape index (κ2) is 6.76. The second-order valence-electron chi connectivity index (χ2n) is 5.16. The smallest absolute Gasteiger partial charge is 0.238 e. The molecule has 0 bridgehead atoms. The predicted molar refractivity (Wildman–Crippen MR) is 81.3 cm³/mol. The van der Waals surface area contributed by atoms with Crippen molar-refractivity contribution in [1.82, 2.24) is 4.90 Å². The highest BCUT2D eigenvalue weighted by molar-refractivity contribution is 6.35. The van der Waals surface area contributed by atoms with Crippen LogP contribution in [0, 0.1) is 5.92 Å². The first-order valence-electron chi connectivity index (χ1n) is 6.61. The third kappa shape index (κ3) is 3.64. The number of rotatable bonds is 4. The number of likely N-dealkylation sites (tertiary alicyclic amines) is 1. The van der Waals surface area contributed by atoms with Crippen LogP contribution < -0.4 is 5.32 Å². The fraction of sp³-hybridized carbons (Fsp3) is 0.500. The molecule has 2 atom stereocenters. The fourth-order valence-electron chi connectivity index (χ4n) is 2.55. The summed E-state index contributed by atoms with van der Waals surface area (Å²) < 4.78 is 0. The van der Waals surface area contributed by atoms with Crippen LogP contribution in [0.5, 0.6) is 0 Å². The number of amides is 1. The maximum atomic E-state index is 12.1. The summed E-state index contributed by atoms with van der Waals surface area (Å²) in [4.78, 5) is 14.1. The maximum Gasteiger partial charge on any atom is 0.238 e. The van der Waals surface area contributed by atoms with E-state index in [1.165, 1.54) is 0 Å². The van der Waals surface area contributed by atoms with Crippen molar-refractivity contribution in [2.75, 3.05) is 25.0 Å². The first-order valence-corrected chi connectivity index (χ1v) is 7.36. The Morgan fingerprint density at radius 3 is 2.95 bits per heavy atom. The Balaban J connectivity index is 1.97. The van der Waals surface area contributed by atoms with Crippen molar-refractivity contribution in [3.63, 3.8) is 0 Å². The van der Waals surface area contributed by atoms with E-state index < -0.39 is 0 Å². The lowest BCUT2D eigenvalue weighted by molar-refractivity contribution is -0.117. The number of aliphatic hydroxyl groups is 1. The molecular formula is C14H18Cl2N2O2. The Morgan fingerprint density at radius 1 is 1.50 bits per heavy atom. The van der Waals surface area contributed by atoms with Crippen molar-refractivity contribution < 1.29 is 9.90 Å². The van der Waals surface area contributed by atoms with Crippen LogP contribution in [0.15, 0.2) is 18.2 Å². The molecule has 4 nitrogen and oxygen atoms in total. The van der Waals surface area contributed by atoms with Crippen molar-refractivity contribution in [1.29, 1.82) is 0 Å². The molecular weight excluding hydrogens is 299 g/mol. The molecule has 0 aliphatic carbocycles. The lowest BCUT2D eigenvalue weighted by Crippen LogP contribution is -2.40. The molecule has 2 unspecified atom stereocenters. The largest absolute Gasteiger partial charge is 0.395 e. The van der Waals surface area contributed by atoms with E-state index in [4.69, 9.17) is 23.2 Å². The Bertz CT molecular complexity index is 496. The number of anilines is 1. The maximum absolute atomic E-state index is 12.1. The van der Waals surface area contributed by atoms with Gasteiger partial charge >= 0.3 is 0 Å². The van der Waals surface area contributed by atoms with Crippen LogP contribution in [0.1, 0.15) is 13.3 Å². The molecule has 1 saturated heterocycles. The highest BCUT2D eigenvalue weighted by atomic mass is 35.5. The van der Waals surface area contributed by atoms with Gasteiger partial charge in [-0.15, -0.1) is 0 Å². The van der Waals surface area contributed by atoms with Crippen molar-refractivity contribution in [2.45, 2.75) is 19.4 Å². The van der Waals surface area contributed by atoms with Crippen LogP contribution >= 0.6 is 23.2 Å². The highest BCUT2D eigenvalue weighted by Gasteiger charge is 2.31. The van der Waals surface area contributed by atoms with Crippen molar-refractivity contribution in [3.05, 3.63) is 28.2 Å². The second-order valence-corrected chi connectivity index (χ2v) is 6.00. The predicted octanol–water partition coefficient (Wildman–Crippen LogP) is 2.63. The Kier molecular flexibility index (Phi) is 5.27. The van der Waals surface area contributed by atoms with E-state index in [-0.39, 0.29) is 25.1 Å². The molecule has 1 aliphatic rings. The van der Waals surface area contributed by atoms with Crippen LogP contribution in [0.2, 0.25) is 10.0 Å². The molecule has 110 valence electrons. The number of benzene rings is 1.